The van der Waals surface area contributed by atoms with Gasteiger partial charge in [-0.05, 0) is 29.5 Å². The Kier molecular flexibility index (Phi) is 2.45. The zero-order valence-corrected chi connectivity index (χ0v) is 9.71. The highest BCUT2D eigenvalue weighted by Gasteiger charge is 2.24. The summed E-state index contributed by atoms with van der Waals surface area (Å²) in [6, 6.07) is 5.65. The lowest BCUT2D eigenvalue weighted by Gasteiger charge is -1.94. The SMILES string of the molecule is O=C1NC(=O)C(=Cc2ccc3cc(F)oc3c2)S1. The fourth-order valence-electron chi connectivity index (χ4n) is 1.68. The third kappa shape index (κ3) is 1.91. The Morgan fingerprint density at radius 1 is 1.28 bits per heavy atom. The van der Waals surface area contributed by atoms with Gasteiger partial charge in [0.25, 0.3) is 17.2 Å². The van der Waals surface area contributed by atoms with Crippen molar-refractivity contribution >= 4 is 40.0 Å². The number of furan rings is 1. The number of rotatable bonds is 1. The molecule has 0 aliphatic carbocycles. The van der Waals surface area contributed by atoms with Gasteiger partial charge in [-0.15, -0.1) is 0 Å². The van der Waals surface area contributed by atoms with Crippen LogP contribution in [-0.4, -0.2) is 11.1 Å². The van der Waals surface area contributed by atoms with Crippen LogP contribution in [0, 0.1) is 6.01 Å². The minimum Gasteiger partial charge on any atom is -0.431 e. The molecule has 0 atom stereocenters. The molecule has 0 radical (unpaired) electrons. The number of hydrogen-bond acceptors (Lipinski definition) is 4. The van der Waals surface area contributed by atoms with Crippen molar-refractivity contribution in [3.63, 3.8) is 0 Å². The number of imide groups is 1. The lowest BCUT2D eigenvalue weighted by molar-refractivity contribution is -0.115. The summed E-state index contributed by atoms with van der Waals surface area (Å²) in [4.78, 5) is 22.7. The van der Waals surface area contributed by atoms with Crippen molar-refractivity contribution in [1.82, 2.24) is 5.32 Å². The molecule has 4 nitrogen and oxygen atoms in total. The Morgan fingerprint density at radius 3 is 2.83 bits per heavy atom. The molecule has 2 amide bonds. The maximum atomic E-state index is 12.9. The molecule has 1 aliphatic rings. The number of benzene rings is 1. The number of fused-ring (bicyclic) bond motifs is 1. The van der Waals surface area contributed by atoms with E-state index in [0.717, 1.165) is 11.8 Å². The number of carbonyl (C=O) groups is 2. The van der Waals surface area contributed by atoms with E-state index in [2.05, 4.69) is 5.32 Å². The van der Waals surface area contributed by atoms with Crippen LogP contribution in [0.3, 0.4) is 0 Å². The Bertz CT molecular complexity index is 704. The van der Waals surface area contributed by atoms with Gasteiger partial charge in [-0.1, -0.05) is 12.1 Å². The highest BCUT2D eigenvalue weighted by Crippen LogP contribution is 2.27. The summed E-state index contributed by atoms with van der Waals surface area (Å²) in [5.74, 6) is -0.421. The molecular weight excluding hydrogens is 257 g/mol. The Hall–Kier alpha value is -2.08. The normalized spacial score (nSPS) is 17.7. The largest absolute Gasteiger partial charge is 0.431 e. The zero-order chi connectivity index (χ0) is 12.7. The van der Waals surface area contributed by atoms with Gasteiger partial charge in [0, 0.05) is 11.5 Å². The van der Waals surface area contributed by atoms with Crippen LogP contribution in [0.25, 0.3) is 17.0 Å². The molecule has 1 N–H and O–H groups in total. The maximum Gasteiger partial charge on any atom is 0.290 e. The number of thioether (sulfide) groups is 1. The van der Waals surface area contributed by atoms with Crippen LogP contribution >= 0.6 is 11.8 Å². The van der Waals surface area contributed by atoms with Gasteiger partial charge in [0.05, 0.1) is 4.91 Å². The monoisotopic (exact) mass is 263 g/mol. The second kappa shape index (κ2) is 3.99. The number of amides is 2. The smallest absolute Gasteiger partial charge is 0.290 e. The summed E-state index contributed by atoms with van der Waals surface area (Å²) in [6.45, 7) is 0. The topological polar surface area (TPSA) is 59.3 Å². The van der Waals surface area contributed by atoms with Gasteiger partial charge in [0.2, 0.25) is 0 Å². The van der Waals surface area contributed by atoms with Crippen LogP contribution < -0.4 is 5.32 Å². The first-order chi connectivity index (χ1) is 8.61. The first-order valence-corrected chi connectivity index (χ1v) is 5.87. The van der Waals surface area contributed by atoms with Crippen molar-refractivity contribution in [3.05, 3.63) is 40.7 Å². The van der Waals surface area contributed by atoms with Gasteiger partial charge in [-0.25, -0.2) is 0 Å². The van der Waals surface area contributed by atoms with Crippen molar-refractivity contribution in [2.75, 3.05) is 0 Å². The van der Waals surface area contributed by atoms with Gasteiger partial charge in [-0.3, -0.25) is 14.9 Å². The highest BCUT2D eigenvalue weighted by atomic mass is 32.2. The fraction of sp³-hybridized carbons (Fsp3) is 0. The molecule has 1 aliphatic heterocycles. The number of hydrogen-bond donors (Lipinski definition) is 1. The van der Waals surface area contributed by atoms with Crippen LogP contribution in [-0.2, 0) is 4.79 Å². The van der Waals surface area contributed by atoms with Gasteiger partial charge < -0.3 is 4.42 Å². The van der Waals surface area contributed by atoms with E-state index in [4.69, 9.17) is 4.42 Å². The third-order valence-electron chi connectivity index (χ3n) is 2.45. The van der Waals surface area contributed by atoms with E-state index in [1.807, 2.05) is 0 Å². The standard InChI is InChI=1S/C12H6FNO3S/c13-10-5-7-2-1-6(3-8(7)17-10)4-9-11(15)14-12(16)18-9/h1-5H,(H,14,15,16). The maximum absolute atomic E-state index is 12.9. The summed E-state index contributed by atoms with van der Waals surface area (Å²) >= 11 is 0.836. The van der Waals surface area contributed by atoms with Crippen LogP contribution in [0.2, 0.25) is 0 Å². The Balaban J connectivity index is 2.02. The molecule has 1 aromatic heterocycles. The van der Waals surface area contributed by atoms with Crippen molar-refractivity contribution < 1.29 is 18.4 Å². The molecular formula is C12H6FNO3S. The summed E-state index contributed by atoms with van der Waals surface area (Å²) < 4.78 is 17.7. The van der Waals surface area contributed by atoms with Gasteiger partial charge in [0.1, 0.15) is 5.58 Å². The number of nitrogens with one attached hydrogen (secondary N) is 1. The molecule has 1 saturated heterocycles. The van der Waals surface area contributed by atoms with E-state index in [1.165, 1.54) is 6.07 Å². The third-order valence-corrected chi connectivity index (χ3v) is 3.26. The molecule has 0 saturated carbocycles. The second-order valence-corrected chi connectivity index (χ2v) is 4.71. The van der Waals surface area contributed by atoms with E-state index in [-0.39, 0.29) is 0 Å². The van der Waals surface area contributed by atoms with E-state index in [1.54, 1.807) is 24.3 Å². The molecule has 90 valence electrons. The van der Waals surface area contributed by atoms with E-state index in [9.17, 15) is 14.0 Å². The predicted octanol–water partition coefficient (Wildman–Crippen LogP) is 2.90. The lowest BCUT2D eigenvalue weighted by atomic mass is 10.1. The first-order valence-electron chi connectivity index (χ1n) is 5.06. The summed E-state index contributed by atoms with van der Waals surface area (Å²) in [5, 5.41) is 2.42. The molecule has 2 heterocycles. The molecule has 2 aromatic rings. The van der Waals surface area contributed by atoms with Crippen LogP contribution in [0.1, 0.15) is 5.56 Å². The predicted molar refractivity (Wildman–Crippen MR) is 65.3 cm³/mol. The summed E-state index contributed by atoms with van der Waals surface area (Å²) in [7, 11) is 0. The van der Waals surface area contributed by atoms with Crippen molar-refractivity contribution in [2.45, 2.75) is 0 Å². The molecule has 6 heteroatoms. The average molecular weight is 263 g/mol. The quantitative estimate of drug-likeness (QED) is 0.804. The minimum atomic E-state index is -0.655. The van der Waals surface area contributed by atoms with Crippen LogP contribution in [0.15, 0.2) is 33.6 Å². The molecule has 3 rings (SSSR count). The van der Waals surface area contributed by atoms with Crippen molar-refractivity contribution in [2.24, 2.45) is 0 Å². The van der Waals surface area contributed by atoms with E-state index >= 15 is 0 Å². The molecule has 0 spiro atoms. The zero-order valence-electron chi connectivity index (χ0n) is 8.90. The van der Waals surface area contributed by atoms with Crippen LogP contribution in [0.4, 0.5) is 9.18 Å². The molecule has 1 aromatic carbocycles. The van der Waals surface area contributed by atoms with Crippen LogP contribution in [0.5, 0.6) is 0 Å². The Morgan fingerprint density at radius 2 is 2.11 bits per heavy atom. The Labute approximate surface area is 105 Å². The van der Waals surface area contributed by atoms with Gasteiger partial charge in [0.15, 0.2) is 0 Å². The lowest BCUT2D eigenvalue weighted by Crippen LogP contribution is -2.17. The second-order valence-electron chi connectivity index (χ2n) is 3.70. The molecule has 1 fully saturated rings. The first kappa shape index (κ1) is 11.0. The van der Waals surface area contributed by atoms with Gasteiger partial charge >= 0.3 is 0 Å². The van der Waals surface area contributed by atoms with E-state index < -0.39 is 17.2 Å². The number of halogens is 1. The summed E-state index contributed by atoms with van der Waals surface area (Å²) in [5.41, 5.74) is 1.07. The minimum absolute atomic E-state index is 0.311. The van der Waals surface area contributed by atoms with Crippen molar-refractivity contribution in [3.8, 4) is 0 Å². The van der Waals surface area contributed by atoms with Gasteiger partial charge in [-0.2, -0.15) is 4.39 Å². The van der Waals surface area contributed by atoms with Crippen molar-refractivity contribution in [1.29, 1.82) is 0 Å². The average Bonchev–Trinajstić information content (AvgIpc) is 2.80. The highest BCUT2D eigenvalue weighted by molar-refractivity contribution is 8.18. The summed E-state index contributed by atoms with van der Waals surface area (Å²) in [6.07, 6.45) is 1.56. The molecule has 0 unspecified atom stereocenters. The molecule has 0 bridgehead atoms. The molecule has 18 heavy (non-hydrogen) atoms. The fourth-order valence-corrected chi connectivity index (χ4v) is 2.36. The van der Waals surface area contributed by atoms with E-state index in [0.29, 0.717) is 21.4 Å². The number of carbonyl (C=O) groups excluding carboxylic acids is 2.